The molecule has 5 nitrogen and oxygen atoms in total. The molecule has 122 valence electrons. The van der Waals surface area contributed by atoms with Crippen LogP contribution in [0.3, 0.4) is 0 Å². The molecule has 0 spiro atoms. The fourth-order valence-corrected chi connectivity index (χ4v) is 3.25. The fourth-order valence-electron chi connectivity index (χ4n) is 2.21. The first kappa shape index (κ1) is 17.0. The smallest absolute Gasteiger partial charge is 0.261 e. The minimum Gasteiger partial charge on any atom is -0.326 e. The maximum atomic E-state index is 12.4. The molecule has 0 bridgehead atoms. The van der Waals surface area contributed by atoms with E-state index in [9.17, 15) is 13.2 Å². The van der Waals surface area contributed by atoms with Crippen LogP contribution >= 0.6 is 0 Å². The predicted molar refractivity (Wildman–Crippen MR) is 92.1 cm³/mol. The molecule has 0 unspecified atom stereocenters. The molecule has 23 heavy (non-hydrogen) atoms. The molecule has 0 aliphatic heterocycles. The van der Waals surface area contributed by atoms with Gasteiger partial charge in [-0.3, -0.25) is 9.52 Å². The molecule has 2 aromatic carbocycles. The van der Waals surface area contributed by atoms with Crippen LogP contribution in [0.1, 0.15) is 24.5 Å². The predicted octanol–water partition coefficient (Wildman–Crippen LogP) is 3.45. The topological polar surface area (TPSA) is 75.3 Å². The van der Waals surface area contributed by atoms with E-state index in [2.05, 4.69) is 10.0 Å². The second-order valence-corrected chi connectivity index (χ2v) is 7.09. The van der Waals surface area contributed by atoms with E-state index in [0.29, 0.717) is 17.8 Å². The summed E-state index contributed by atoms with van der Waals surface area (Å²) in [5, 5.41) is 2.68. The molecule has 0 radical (unpaired) electrons. The molecule has 0 heterocycles. The van der Waals surface area contributed by atoms with E-state index < -0.39 is 10.0 Å². The van der Waals surface area contributed by atoms with Gasteiger partial charge in [0, 0.05) is 17.8 Å². The molecule has 0 fully saturated rings. The molecule has 0 atom stereocenters. The number of hydrogen-bond donors (Lipinski definition) is 2. The highest BCUT2D eigenvalue weighted by Crippen LogP contribution is 2.20. The highest BCUT2D eigenvalue weighted by molar-refractivity contribution is 7.92. The molecule has 0 aliphatic rings. The van der Waals surface area contributed by atoms with Gasteiger partial charge in [0.1, 0.15) is 0 Å². The first-order chi connectivity index (χ1) is 10.8. The Labute approximate surface area is 136 Å². The normalized spacial score (nSPS) is 11.1. The number of amides is 1. The van der Waals surface area contributed by atoms with Crippen molar-refractivity contribution in [3.63, 3.8) is 0 Å². The van der Waals surface area contributed by atoms with E-state index in [1.165, 1.54) is 12.1 Å². The number of carbonyl (C=O) groups is 1. The summed E-state index contributed by atoms with van der Waals surface area (Å²) < 4.78 is 27.4. The third-order valence-corrected chi connectivity index (χ3v) is 4.64. The average molecular weight is 332 g/mol. The van der Waals surface area contributed by atoms with E-state index in [1.54, 1.807) is 31.2 Å². The Morgan fingerprint density at radius 1 is 0.957 bits per heavy atom. The lowest BCUT2D eigenvalue weighted by atomic mass is 10.1. The maximum absolute atomic E-state index is 12.4. The minimum absolute atomic E-state index is 0.117. The Hall–Kier alpha value is -2.34. The number of hydrogen-bond acceptors (Lipinski definition) is 3. The van der Waals surface area contributed by atoms with Gasteiger partial charge < -0.3 is 5.32 Å². The van der Waals surface area contributed by atoms with Crippen molar-refractivity contribution in [1.82, 2.24) is 0 Å². The standard InChI is InChI=1S/C17H20N2O3S/c1-4-17(20)18-14-5-7-16(8-6-14)23(21,22)19-15-10-12(2)9-13(3)11-15/h5-11,19H,4H2,1-3H3,(H,18,20). The van der Waals surface area contributed by atoms with Crippen molar-refractivity contribution in [2.75, 3.05) is 10.0 Å². The van der Waals surface area contributed by atoms with Crippen LogP contribution in [0.15, 0.2) is 47.4 Å². The number of rotatable bonds is 5. The van der Waals surface area contributed by atoms with Crippen LogP contribution in [0, 0.1) is 13.8 Å². The molecule has 0 saturated carbocycles. The summed E-state index contributed by atoms with van der Waals surface area (Å²) in [6, 6.07) is 11.6. The lowest BCUT2D eigenvalue weighted by Gasteiger charge is -2.10. The second kappa shape index (κ2) is 6.83. The van der Waals surface area contributed by atoms with Gasteiger partial charge in [-0.2, -0.15) is 0 Å². The molecule has 2 rings (SSSR count). The molecule has 0 aromatic heterocycles. The molecule has 0 saturated heterocycles. The summed E-state index contributed by atoms with van der Waals surface area (Å²) in [7, 11) is -3.66. The summed E-state index contributed by atoms with van der Waals surface area (Å²) in [6.07, 6.45) is 0.369. The van der Waals surface area contributed by atoms with Gasteiger partial charge in [0.05, 0.1) is 4.90 Å². The monoisotopic (exact) mass is 332 g/mol. The van der Waals surface area contributed by atoms with Gasteiger partial charge in [-0.05, 0) is 61.4 Å². The van der Waals surface area contributed by atoms with E-state index >= 15 is 0 Å². The molecule has 6 heteroatoms. The van der Waals surface area contributed by atoms with Crippen LogP contribution in [0.25, 0.3) is 0 Å². The fraction of sp³-hybridized carbons (Fsp3) is 0.235. The third kappa shape index (κ3) is 4.56. The van der Waals surface area contributed by atoms with Crippen molar-refractivity contribution in [3.8, 4) is 0 Å². The minimum atomic E-state index is -3.66. The molecule has 1 amide bonds. The number of carbonyl (C=O) groups excluding carboxylic acids is 1. The van der Waals surface area contributed by atoms with Gasteiger partial charge in [-0.25, -0.2) is 8.42 Å². The Morgan fingerprint density at radius 3 is 2.04 bits per heavy atom. The van der Waals surface area contributed by atoms with Crippen LogP contribution in [-0.4, -0.2) is 14.3 Å². The number of sulfonamides is 1. The third-order valence-electron chi connectivity index (χ3n) is 3.24. The molecule has 0 aliphatic carbocycles. The summed E-state index contributed by atoms with van der Waals surface area (Å²) in [5.74, 6) is -0.117. The Kier molecular flexibility index (Phi) is 5.05. The second-order valence-electron chi connectivity index (χ2n) is 5.41. The number of anilines is 2. The Bertz CT molecular complexity index is 792. The van der Waals surface area contributed by atoms with Crippen molar-refractivity contribution in [1.29, 1.82) is 0 Å². The molecule has 2 aromatic rings. The Balaban J connectivity index is 2.20. The van der Waals surface area contributed by atoms with Gasteiger partial charge >= 0.3 is 0 Å². The zero-order chi connectivity index (χ0) is 17.0. The highest BCUT2D eigenvalue weighted by Gasteiger charge is 2.14. The van der Waals surface area contributed by atoms with Crippen molar-refractivity contribution < 1.29 is 13.2 Å². The van der Waals surface area contributed by atoms with Crippen molar-refractivity contribution in [3.05, 3.63) is 53.6 Å². The lowest BCUT2D eigenvalue weighted by Crippen LogP contribution is -2.14. The van der Waals surface area contributed by atoms with Gasteiger partial charge in [0.25, 0.3) is 10.0 Å². The van der Waals surface area contributed by atoms with E-state index in [-0.39, 0.29) is 10.8 Å². The summed E-state index contributed by atoms with van der Waals surface area (Å²) >= 11 is 0. The molecule has 2 N–H and O–H groups in total. The van der Waals surface area contributed by atoms with Crippen molar-refractivity contribution in [2.24, 2.45) is 0 Å². The molecular weight excluding hydrogens is 312 g/mol. The summed E-state index contributed by atoms with van der Waals surface area (Å²) in [5.41, 5.74) is 3.08. The molecular formula is C17H20N2O3S. The van der Waals surface area contributed by atoms with Gasteiger partial charge in [0.2, 0.25) is 5.91 Å². The number of benzene rings is 2. The van der Waals surface area contributed by atoms with Crippen LogP contribution < -0.4 is 10.0 Å². The number of nitrogens with one attached hydrogen (secondary N) is 2. The number of aryl methyl sites for hydroxylation is 2. The quantitative estimate of drug-likeness (QED) is 0.880. The van der Waals surface area contributed by atoms with Crippen LogP contribution in [0.5, 0.6) is 0 Å². The SMILES string of the molecule is CCC(=O)Nc1ccc(S(=O)(=O)Nc2cc(C)cc(C)c2)cc1. The van der Waals surface area contributed by atoms with E-state index in [0.717, 1.165) is 11.1 Å². The van der Waals surface area contributed by atoms with E-state index in [1.807, 2.05) is 19.9 Å². The first-order valence-electron chi connectivity index (χ1n) is 7.31. The van der Waals surface area contributed by atoms with Crippen molar-refractivity contribution >= 4 is 27.3 Å². The zero-order valence-electron chi connectivity index (χ0n) is 13.4. The van der Waals surface area contributed by atoms with Gasteiger partial charge in [-0.15, -0.1) is 0 Å². The summed E-state index contributed by atoms with van der Waals surface area (Å²) in [6.45, 7) is 5.58. The van der Waals surface area contributed by atoms with Crippen LogP contribution in [0.4, 0.5) is 11.4 Å². The average Bonchev–Trinajstić information content (AvgIpc) is 2.46. The van der Waals surface area contributed by atoms with Crippen LogP contribution in [0.2, 0.25) is 0 Å². The zero-order valence-corrected chi connectivity index (χ0v) is 14.2. The first-order valence-corrected chi connectivity index (χ1v) is 8.79. The summed E-state index contributed by atoms with van der Waals surface area (Å²) in [4.78, 5) is 11.5. The van der Waals surface area contributed by atoms with Crippen molar-refractivity contribution in [2.45, 2.75) is 32.1 Å². The lowest BCUT2D eigenvalue weighted by molar-refractivity contribution is -0.115. The highest BCUT2D eigenvalue weighted by atomic mass is 32.2. The maximum Gasteiger partial charge on any atom is 0.261 e. The largest absolute Gasteiger partial charge is 0.326 e. The van der Waals surface area contributed by atoms with Gasteiger partial charge in [-0.1, -0.05) is 13.0 Å². The van der Waals surface area contributed by atoms with Gasteiger partial charge in [0.15, 0.2) is 0 Å². The van der Waals surface area contributed by atoms with E-state index in [4.69, 9.17) is 0 Å². The van der Waals surface area contributed by atoms with Crippen LogP contribution in [-0.2, 0) is 14.8 Å². The Morgan fingerprint density at radius 2 is 1.52 bits per heavy atom.